The molecule has 2 aromatic carbocycles. The summed E-state index contributed by atoms with van der Waals surface area (Å²) in [6.45, 7) is 2.15. The van der Waals surface area contributed by atoms with Crippen molar-refractivity contribution in [3.05, 3.63) is 53.1 Å². The number of hydrogen-bond donors (Lipinski definition) is 1. The number of unbranched alkanes of at least 4 members (excludes halogenated alkanes) is 1. The van der Waals surface area contributed by atoms with Gasteiger partial charge in [-0.05, 0) is 42.7 Å². The molecule has 0 unspecified atom stereocenters. The number of para-hydroxylation sites is 1. The van der Waals surface area contributed by atoms with E-state index in [0.717, 1.165) is 24.8 Å². The maximum absolute atomic E-state index is 9.97. The number of aryl methyl sites for hydroxylation is 1. The number of phenolic OH excluding ortho intramolecular Hbond substituents is 1. The van der Waals surface area contributed by atoms with Gasteiger partial charge in [-0.15, -0.1) is 0 Å². The van der Waals surface area contributed by atoms with E-state index >= 15 is 0 Å². The van der Waals surface area contributed by atoms with E-state index in [-0.39, 0.29) is 5.75 Å². The van der Waals surface area contributed by atoms with Crippen molar-refractivity contribution >= 4 is 11.6 Å². The van der Waals surface area contributed by atoms with Crippen LogP contribution < -0.4 is 4.74 Å². The van der Waals surface area contributed by atoms with E-state index in [2.05, 4.69) is 6.92 Å². The molecule has 0 bridgehead atoms. The first-order valence-electron chi connectivity index (χ1n) is 6.45. The SMILES string of the molecule is CCCCc1ccc(Oc2ccccc2Cl)c(O)c1. The van der Waals surface area contributed by atoms with E-state index in [1.165, 1.54) is 0 Å². The van der Waals surface area contributed by atoms with Crippen LogP contribution in [0.3, 0.4) is 0 Å². The number of phenols is 1. The molecule has 2 rings (SSSR count). The molecule has 0 atom stereocenters. The second-order valence-electron chi connectivity index (χ2n) is 4.44. The van der Waals surface area contributed by atoms with Crippen molar-refractivity contribution in [3.8, 4) is 17.2 Å². The molecule has 0 aliphatic rings. The number of ether oxygens (including phenoxy) is 1. The van der Waals surface area contributed by atoms with Gasteiger partial charge in [0.1, 0.15) is 5.75 Å². The predicted octanol–water partition coefficient (Wildman–Crippen LogP) is 5.18. The third-order valence-corrected chi connectivity index (χ3v) is 3.21. The summed E-state index contributed by atoms with van der Waals surface area (Å²) < 4.78 is 5.62. The van der Waals surface area contributed by atoms with E-state index in [1.807, 2.05) is 18.2 Å². The smallest absolute Gasteiger partial charge is 0.169 e. The number of halogens is 1. The van der Waals surface area contributed by atoms with Gasteiger partial charge in [-0.1, -0.05) is 43.1 Å². The Hall–Kier alpha value is -1.67. The van der Waals surface area contributed by atoms with Crippen LogP contribution in [0.15, 0.2) is 42.5 Å². The van der Waals surface area contributed by atoms with Gasteiger partial charge in [0.15, 0.2) is 11.5 Å². The van der Waals surface area contributed by atoms with Gasteiger partial charge in [0, 0.05) is 0 Å². The van der Waals surface area contributed by atoms with Crippen LogP contribution in [-0.4, -0.2) is 5.11 Å². The summed E-state index contributed by atoms with van der Waals surface area (Å²) in [6, 6.07) is 12.7. The van der Waals surface area contributed by atoms with Crippen LogP contribution in [0.5, 0.6) is 17.2 Å². The Labute approximate surface area is 118 Å². The van der Waals surface area contributed by atoms with Gasteiger partial charge in [0.25, 0.3) is 0 Å². The zero-order valence-corrected chi connectivity index (χ0v) is 11.7. The second-order valence-corrected chi connectivity index (χ2v) is 4.85. The topological polar surface area (TPSA) is 29.5 Å². The molecular formula is C16H17ClO2. The molecule has 2 nitrogen and oxygen atoms in total. The monoisotopic (exact) mass is 276 g/mol. The molecule has 19 heavy (non-hydrogen) atoms. The molecule has 0 aliphatic heterocycles. The van der Waals surface area contributed by atoms with Crippen molar-refractivity contribution in [2.24, 2.45) is 0 Å². The standard InChI is InChI=1S/C16H17ClO2/c1-2-3-6-12-9-10-16(14(18)11-12)19-15-8-5-4-7-13(15)17/h4-5,7-11,18H,2-3,6H2,1H3. The lowest BCUT2D eigenvalue weighted by Crippen LogP contribution is -1.89. The summed E-state index contributed by atoms with van der Waals surface area (Å²) in [4.78, 5) is 0. The first-order valence-corrected chi connectivity index (χ1v) is 6.82. The molecule has 2 aromatic rings. The maximum atomic E-state index is 9.97. The lowest BCUT2D eigenvalue weighted by molar-refractivity contribution is 0.410. The molecule has 0 amide bonds. The Bertz CT molecular complexity index is 552. The molecule has 100 valence electrons. The average Bonchev–Trinajstić information content (AvgIpc) is 2.41. The summed E-state index contributed by atoms with van der Waals surface area (Å²) in [5.74, 6) is 1.11. The minimum atomic E-state index is 0.147. The zero-order valence-electron chi connectivity index (χ0n) is 10.9. The van der Waals surface area contributed by atoms with Crippen molar-refractivity contribution in [2.75, 3.05) is 0 Å². The summed E-state index contributed by atoms with van der Waals surface area (Å²) >= 11 is 6.02. The van der Waals surface area contributed by atoms with Crippen molar-refractivity contribution in [1.29, 1.82) is 0 Å². The first-order chi connectivity index (χ1) is 9.20. The van der Waals surface area contributed by atoms with E-state index in [1.54, 1.807) is 24.3 Å². The van der Waals surface area contributed by atoms with Gasteiger partial charge in [0.05, 0.1) is 5.02 Å². The predicted molar refractivity (Wildman–Crippen MR) is 78.2 cm³/mol. The Morgan fingerprint density at radius 3 is 2.58 bits per heavy atom. The molecule has 0 radical (unpaired) electrons. The third kappa shape index (κ3) is 3.65. The largest absolute Gasteiger partial charge is 0.504 e. The van der Waals surface area contributed by atoms with Crippen LogP contribution in [0.2, 0.25) is 5.02 Å². The minimum Gasteiger partial charge on any atom is -0.504 e. The number of benzene rings is 2. The van der Waals surface area contributed by atoms with Crippen LogP contribution in [0.25, 0.3) is 0 Å². The fourth-order valence-corrected chi connectivity index (χ4v) is 2.01. The Morgan fingerprint density at radius 2 is 1.89 bits per heavy atom. The van der Waals surface area contributed by atoms with Gasteiger partial charge in [-0.2, -0.15) is 0 Å². The van der Waals surface area contributed by atoms with Crippen LogP contribution in [0.1, 0.15) is 25.3 Å². The van der Waals surface area contributed by atoms with Crippen LogP contribution in [-0.2, 0) is 6.42 Å². The van der Waals surface area contributed by atoms with E-state index in [4.69, 9.17) is 16.3 Å². The van der Waals surface area contributed by atoms with Gasteiger partial charge >= 0.3 is 0 Å². The zero-order chi connectivity index (χ0) is 13.7. The Kier molecular flexibility index (Phi) is 4.69. The lowest BCUT2D eigenvalue weighted by atomic mass is 10.1. The quantitative estimate of drug-likeness (QED) is 0.815. The van der Waals surface area contributed by atoms with Gasteiger partial charge in [-0.3, -0.25) is 0 Å². The van der Waals surface area contributed by atoms with E-state index in [0.29, 0.717) is 16.5 Å². The molecule has 1 N–H and O–H groups in total. The van der Waals surface area contributed by atoms with Gasteiger partial charge in [0.2, 0.25) is 0 Å². The molecule has 0 aromatic heterocycles. The normalized spacial score (nSPS) is 10.4. The van der Waals surface area contributed by atoms with Crippen molar-refractivity contribution < 1.29 is 9.84 Å². The molecule has 0 saturated carbocycles. The van der Waals surface area contributed by atoms with Crippen LogP contribution in [0, 0.1) is 0 Å². The molecule has 0 heterocycles. The average molecular weight is 277 g/mol. The second kappa shape index (κ2) is 6.48. The Balaban J connectivity index is 2.15. The van der Waals surface area contributed by atoms with Crippen LogP contribution in [0.4, 0.5) is 0 Å². The maximum Gasteiger partial charge on any atom is 0.169 e. The molecule has 0 aliphatic carbocycles. The number of rotatable bonds is 5. The molecule has 0 saturated heterocycles. The highest BCUT2D eigenvalue weighted by Crippen LogP contribution is 2.34. The van der Waals surface area contributed by atoms with Crippen molar-refractivity contribution in [2.45, 2.75) is 26.2 Å². The summed E-state index contributed by atoms with van der Waals surface area (Å²) in [7, 11) is 0. The number of aromatic hydroxyl groups is 1. The summed E-state index contributed by atoms with van der Waals surface area (Å²) in [6.07, 6.45) is 3.22. The highest BCUT2D eigenvalue weighted by atomic mass is 35.5. The van der Waals surface area contributed by atoms with E-state index < -0.39 is 0 Å². The first kappa shape index (κ1) is 13.8. The van der Waals surface area contributed by atoms with Crippen molar-refractivity contribution in [1.82, 2.24) is 0 Å². The fraction of sp³-hybridized carbons (Fsp3) is 0.250. The van der Waals surface area contributed by atoms with Crippen LogP contribution >= 0.6 is 11.6 Å². The fourth-order valence-electron chi connectivity index (χ4n) is 1.83. The minimum absolute atomic E-state index is 0.147. The number of hydrogen-bond acceptors (Lipinski definition) is 2. The van der Waals surface area contributed by atoms with Gasteiger partial charge < -0.3 is 9.84 Å². The third-order valence-electron chi connectivity index (χ3n) is 2.90. The molecule has 0 spiro atoms. The lowest BCUT2D eigenvalue weighted by Gasteiger charge is -2.10. The molecule has 0 fully saturated rings. The summed E-state index contributed by atoms with van der Waals surface area (Å²) in [5.41, 5.74) is 1.12. The summed E-state index contributed by atoms with van der Waals surface area (Å²) in [5, 5.41) is 10.5. The highest BCUT2D eigenvalue weighted by molar-refractivity contribution is 6.32. The van der Waals surface area contributed by atoms with E-state index in [9.17, 15) is 5.11 Å². The van der Waals surface area contributed by atoms with Crippen molar-refractivity contribution in [3.63, 3.8) is 0 Å². The molecular weight excluding hydrogens is 260 g/mol. The Morgan fingerprint density at radius 1 is 1.11 bits per heavy atom. The molecule has 3 heteroatoms. The van der Waals surface area contributed by atoms with Gasteiger partial charge in [-0.25, -0.2) is 0 Å². The highest BCUT2D eigenvalue weighted by Gasteiger charge is 2.07.